The monoisotopic (exact) mass is 554 g/mol. The highest BCUT2D eigenvalue weighted by molar-refractivity contribution is 6.13. The molecule has 0 unspecified atom stereocenters. The highest BCUT2D eigenvalue weighted by Crippen LogP contribution is 2.58. The summed E-state index contributed by atoms with van der Waals surface area (Å²) in [6.07, 6.45) is 17.3. The lowest BCUT2D eigenvalue weighted by Crippen LogP contribution is -2.26. The van der Waals surface area contributed by atoms with Crippen LogP contribution in [-0.4, -0.2) is 0 Å². The zero-order chi connectivity index (χ0) is 30.4. The van der Waals surface area contributed by atoms with E-state index in [4.69, 9.17) is 0 Å². The lowest BCUT2D eigenvalue weighted by Gasteiger charge is -2.34. The van der Waals surface area contributed by atoms with Gasteiger partial charge >= 0.3 is 0 Å². The molecule has 0 atom stereocenters. The summed E-state index contributed by atoms with van der Waals surface area (Å²) >= 11 is 0. The molecule has 42 heavy (non-hydrogen) atoms. The third-order valence-corrected chi connectivity index (χ3v) is 9.08. The van der Waals surface area contributed by atoms with E-state index in [9.17, 15) is 0 Å². The minimum atomic E-state index is 0.0900. The zero-order valence-electron chi connectivity index (χ0n) is 27.0. The molecule has 0 heteroatoms. The fourth-order valence-electron chi connectivity index (χ4n) is 7.36. The maximum Gasteiger partial charge on any atom is 0.0215 e. The second kappa shape index (κ2) is 13.6. The first-order chi connectivity index (χ1) is 20.5. The molecule has 0 amide bonds. The Morgan fingerprint density at radius 2 is 1.12 bits per heavy atom. The fourth-order valence-corrected chi connectivity index (χ4v) is 7.36. The molecule has 2 aliphatic carbocycles. The van der Waals surface area contributed by atoms with Crippen LogP contribution < -0.4 is 0 Å². The van der Waals surface area contributed by atoms with E-state index in [1.165, 1.54) is 105 Å². The highest BCUT2D eigenvalue weighted by atomic mass is 14.5. The minimum Gasteiger partial charge on any atom is -0.0984 e. The SMILES string of the molecule is C=Cc1cc2ccc3c(c2cc1C=C)-c1c(ccc2c(C=C(C)C)c(C=C)ccc12)C31CCCCCCC1.CC.CC. The van der Waals surface area contributed by atoms with Gasteiger partial charge in [-0.1, -0.05) is 146 Å². The Morgan fingerprint density at radius 1 is 0.595 bits per heavy atom. The van der Waals surface area contributed by atoms with Crippen LogP contribution in [0.15, 0.2) is 73.8 Å². The van der Waals surface area contributed by atoms with Crippen molar-refractivity contribution in [2.24, 2.45) is 0 Å². The smallest absolute Gasteiger partial charge is 0.0215 e. The molecule has 4 aromatic rings. The summed E-state index contributed by atoms with van der Waals surface area (Å²) in [4.78, 5) is 0. The Morgan fingerprint density at radius 3 is 1.71 bits per heavy atom. The lowest BCUT2D eigenvalue weighted by atomic mass is 9.69. The van der Waals surface area contributed by atoms with E-state index in [1.807, 2.05) is 45.9 Å². The van der Waals surface area contributed by atoms with Gasteiger partial charge in [0.05, 0.1) is 0 Å². The number of hydrogen-bond donors (Lipinski definition) is 0. The van der Waals surface area contributed by atoms with Crippen LogP contribution in [0.1, 0.15) is 120 Å². The van der Waals surface area contributed by atoms with Crippen molar-refractivity contribution >= 4 is 45.8 Å². The highest BCUT2D eigenvalue weighted by Gasteiger charge is 2.44. The molecule has 1 fully saturated rings. The summed E-state index contributed by atoms with van der Waals surface area (Å²) in [7, 11) is 0. The van der Waals surface area contributed by atoms with Gasteiger partial charge in [0, 0.05) is 5.41 Å². The topological polar surface area (TPSA) is 0 Å². The average molecular weight is 555 g/mol. The maximum atomic E-state index is 4.13. The summed E-state index contributed by atoms with van der Waals surface area (Å²) in [6, 6.07) is 19.0. The van der Waals surface area contributed by atoms with Gasteiger partial charge in [0.15, 0.2) is 0 Å². The van der Waals surface area contributed by atoms with E-state index in [1.54, 1.807) is 0 Å². The molecular weight excluding hydrogens is 504 g/mol. The molecule has 4 aromatic carbocycles. The lowest BCUT2D eigenvalue weighted by molar-refractivity contribution is 0.373. The molecule has 1 saturated carbocycles. The van der Waals surface area contributed by atoms with Gasteiger partial charge in [0.25, 0.3) is 0 Å². The van der Waals surface area contributed by atoms with Gasteiger partial charge in [-0.3, -0.25) is 0 Å². The van der Waals surface area contributed by atoms with Crippen LogP contribution in [0.2, 0.25) is 0 Å². The summed E-state index contributed by atoms with van der Waals surface area (Å²) < 4.78 is 0. The Kier molecular flexibility index (Phi) is 10.1. The van der Waals surface area contributed by atoms with Crippen LogP contribution in [0.3, 0.4) is 0 Å². The molecule has 218 valence electrons. The number of rotatable bonds is 4. The Labute approximate surface area is 255 Å². The van der Waals surface area contributed by atoms with Gasteiger partial charge in [0.1, 0.15) is 0 Å². The van der Waals surface area contributed by atoms with Gasteiger partial charge in [-0.25, -0.2) is 0 Å². The first-order valence-electron chi connectivity index (χ1n) is 16.3. The third kappa shape index (κ3) is 5.22. The standard InChI is InChI=1S/C38H38.2C2H6/c1-6-26-14-16-31-30(32(26)22-25(4)5)17-19-35-36(31)37-33-24-28(8-3)27(7-2)23-29(33)15-18-34(37)38(35)20-12-10-9-11-13-21-38;2*1-2/h6-8,14-19,22-24H,1-3,9-13,20-21H2,4-5H3;2*1-2H3. The van der Waals surface area contributed by atoms with Crippen molar-refractivity contribution < 1.29 is 0 Å². The van der Waals surface area contributed by atoms with Crippen LogP contribution in [0.5, 0.6) is 0 Å². The van der Waals surface area contributed by atoms with Gasteiger partial charge < -0.3 is 0 Å². The number of fused-ring (bicyclic) bond motifs is 9. The summed E-state index contributed by atoms with van der Waals surface area (Å²) in [5.74, 6) is 0. The third-order valence-electron chi connectivity index (χ3n) is 9.08. The predicted molar refractivity (Wildman–Crippen MR) is 192 cm³/mol. The molecule has 0 bridgehead atoms. The first kappa shape index (κ1) is 31.3. The Bertz CT molecular complexity index is 1640. The van der Waals surface area contributed by atoms with Gasteiger partial charge in [0.2, 0.25) is 0 Å². The second-order valence-corrected chi connectivity index (χ2v) is 11.5. The summed E-state index contributed by atoms with van der Waals surface area (Å²) in [5, 5.41) is 5.30. The minimum absolute atomic E-state index is 0.0900. The molecule has 0 aromatic heterocycles. The van der Waals surface area contributed by atoms with Gasteiger partial charge in [-0.05, 0) is 105 Å². The zero-order valence-corrected chi connectivity index (χ0v) is 27.0. The van der Waals surface area contributed by atoms with Crippen LogP contribution in [-0.2, 0) is 5.41 Å². The van der Waals surface area contributed by atoms with Crippen molar-refractivity contribution in [1.29, 1.82) is 0 Å². The molecule has 0 nitrogen and oxygen atoms in total. The maximum absolute atomic E-state index is 4.13. The van der Waals surface area contributed by atoms with E-state index in [0.717, 1.165) is 11.1 Å². The Balaban J connectivity index is 0.000000972. The number of allylic oxidation sites excluding steroid dienone is 1. The molecule has 0 aliphatic heterocycles. The largest absolute Gasteiger partial charge is 0.0984 e. The molecular formula is C42H50. The van der Waals surface area contributed by atoms with E-state index in [-0.39, 0.29) is 5.41 Å². The van der Waals surface area contributed by atoms with Crippen molar-refractivity contribution in [3.05, 3.63) is 107 Å². The van der Waals surface area contributed by atoms with Gasteiger partial charge in [-0.15, -0.1) is 0 Å². The normalized spacial score (nSPS) is 14.7. The van der Waals surface area contributed by atoms with Crippen LogP contribution in [0, 0.1) is 0 Å². The Hall–Kier alpha value is -3.64. The molecule has 0 saturated heterocycles. The molecule has 6 rings (SSSR count). The summed E-state index contributed by atoms with van der Waals surface area (Å²) in [5.41, 5.74) is 12.1. The average Bonchev–Trinajstić information content (AvgIpc) is 3.30. The van der Waals surface area contributed by atoms with E-state index in [2.05, 4.69) is 88.2 Å². The van der Waals surface area contributed by atoms with Gasteiger partial charge in [-0.2, -0.15) is 0 Å². The van der Waals surface area contributed by atoms with Crippen molar-refractivity contribution in [3.63, 3.8) is 0 Å². The number of hydrogen-bond acceptors (Lipinski definition) is 0. The molecule has 0 radical (unpaired) electrons. The van der Waals surface area contributed by atoms with Crippen molar-refractivity contribution in [2.75, 3.05) is 0 Å². The summed E-state index contributed by atoms with van der Waals surface area (Å²) in [6.45, 7) is 24.7. The van der Waals surface area contributed by atoms with E-state index < -0.39 is 0 Å². The quantitative estimate of drug-likeness (QED) is 0.235. The van der Waals surface area contributed by atoms with E-state index in [0.29, 0.717) is 0 Å². The molecule has 1 spiro atoms. The molecule has 0 heterocycles. The van der Waals surface area contributed by atoms with Crippen LogP contribution in [0.25, 0.3) is 57.0 Å². The van der Waals surface area contributed by atoms with Crippen molar-refractivity contribution in [3.8, 4) is 11.1 Å². The van der Waals surface area contributed by atoms with Crippen molar-refractivity contribution in [2.45, 2.75) is 91.9 Å². The molecule has 0 N–H and O–H groups in total. The molecule has 2 aliphatic rings. The first-order valence-corrected chi connectivity index (χ1v) is 16.3. The van der Waals surface area contributed by atoms with Crippen molar-refractivity contribution in [1.82, 2.24) is 0 Å². The fraction of sp³-hybridized carbons (Fsp3) is 0.333. The predicted octanol–water partition coefficient (Wildman–Crippen LogP) is 13.4. The van der Waals surface area contributed by atoms with E-state index >= 15 is 0 Å². The van der Waals surface area contributed by atoms with Crippen LogP contribution in [0.4, 0.5) is 0 Å². The second-order valence-electron chi connectivity index (χ2n) is 11.5. The van der Waals surface area contributed by atoms with Crippen LogP contribution >= 0.6 is 0 Å². The number of benzene rings is 4.